The largest absolute Gasteiger partial charge is 0.456 e. The monoisotopic (exact) mass is 765 g/mol. The van der Waals surface area contributed by atoms with Gasteiger partial charge in [0.05, 0.1) is 5.41 Å². The molecule has 1 aliphatic carbocycles. The van der Waals surface area contributed by atoms with Crippen molar-refractivity contribution < 1.29 is 4.74 Å². The lowest BCUT2D eigenvalue weighted by Crippen LogP contribution is -2.32. The fourth-order valence-corrected chi connectivity index (χ4v) is 9.61. The first-order chi connectivity index (χ1) is 29.8. The lowest BCUT2D eigenvalue weighted by atomic mass is 9.65. The maximum atomic E-state index is 6.96. The van der Waals surface area contributed by atoms with Gasteiger partial charge >= 0.3 is 0 Å². The molecule has 0 N–H and O–H groups in total. The summed E-state index contributed by atoms with van der Waals surface area (Å²) in [6.07, 6.45) is 0. The molecule has 0 atom stereocenters. The maximum Gasteiger partial charge on any atom is 0.164 e. The van der Waals surface area contributed by atoms with E-state index in [0.29, 0.717) is 17.5 Å². The van der Waals surface area contributed by atoms with Gasteiger partial charge in [0.1, 0.15) is 11.5 Å². The summed E-state index contributed by atoms with van der Waals surface area (Å²) in [6, 6.07) is 74.8. The quantitative estimate of drug-likeness (QED) is 0.175. The summed E-state index contributed by atoms with van der Waals surface area (Å²) < 4.78 is 6.96. The average molecular weight is 766 g/mol. The SMILES string of the molecule is c1ccc(-c2nc(-c3ccc(-c4cccc5c4Oc4ccccc4C54c5ccccc5-c5ccccc54)cc3)nc(-c3ccc(-c4ccccc4)c4ccccc34)n2)cc1. The molecule has 10 aromatic rings. The summed E-state index contributed by atoms with van der Waals surface area (Å²) in [5, 5.41) is 2.24. The zero-order valence-corrected chi connectivity index (χ0v) is 32.5. The molecular weight excluding hydrogens is 731 g/mol. The van der Waals surface area contributed by atoms with Crippen LogP contribution in [0.5, 0.6) is 11.5 Å². The number of para-hydroxylation sites is 2. The first-order valence-electron chi connectivity index (χ1n) is 20.4. The number of fused-ring (bicyclic) bond motifs is 10. The van der Waals surface area contributed by atoms with Crippen LogP contribution in [0.4, 0.5) is 0 Å². The second-order valence-electron chi connectivity index (χ2n) is 15.4. The van der Waals surface area contributed by atoms with E-state index in [1.54, 1.807) is 0 Å². The van der Waals surface area contributed by atoms with Crippen LogP contribution in [0.25, 0.3) is 78.3 Å². The van der Waals surface area contributed by atoms with E-state index < -0.39 is 5.41 Å². The fourth-order valence-electron chi connectivity index (χ4n) is 9.61. The first-order valence-corrected chi connectivity index (χ1v) is 20.4. The van der Waals surface area contributed by atoms with E-state index in [2.05, 4.69) is 182 Å². The molecule has 0 saturated heterocycles. The van der Waals surface area contributed by atoms with E-state index in [1.807, 2.05) is 30.3 Å². The topological polar surface area (TPSA) is 47.9 Å². The Morgan fingerprint density at radius 2 is 0.733 bits per heavy atom. The summed E-state index contributed by atoms with van der Waals surface area (Å²) in [4.78, 5) is 15.4. The summed E-state index contributed by atoms with van der Waals surface area (Å²) >= 11 is 0. The Morgan fingerprint density at radius 1 is 0.283 bits per heavy atom. The Morgan fingerprint density at radius 3 is 1.42 bits per heavy atom. The van der Waals surface area contributed by atoms with Crippen molar-refractivity contribution in [1.29, 1.82) is 0 Å². The van der Waals surface area contributed by atoms with Gasteiger partial charge in [-0.25, -0.2) is 15.0 Å². The van der Waals surface area contributed by atoms with Crippen molar-refractivity contribution in [2.45, 2.75) is 5.41 Å². The fraction of sp³-hybridized carbons (Fsp3) is 0.0179. The number of hydrogen-bond acceptors (Lipinski definition) is 4. The summed E-state index contributed by atoms with van der Waals surface area (Å²) in [7, 11) is 0. The molecule has 2 heterocycles. The smallest absolute Gasteiger partial charge is 0.164 e. The van der Waals surface area contributed by atoms with Crippen LogP contribution in [0, 0.1) is 0 Å². The van der Waals surface area contributed by atoms with Crippen LogP contribution in [0.2, 0.25) is 0 Å². The molecule has 4 heteroatoms. The minimum Gasteiger partial charge on any atom is -0.456 e. The predicted molar refractivity (Wildman–Crippen MR) is 242 cm³/mol. The van der Waals surface area contributed by atoms with E-state index in [9.17, 15) is 0 Å². The normalized spacial score (nSPS) is 12.9. The Labute approximate surface area is 348 Å². The van der Waals surface area contributed by atoms with Crippen molar-refractivity contribution in [2.75, 3.05) is 0 Å². The van der Waals surface area contributed by atoms with Gasteiger partial charge in [-0.3, -0.25) is 0 Å². The van der Waals surface area contributed by atoms with Gasteiger partial charge in [0.15, 0.2) is 17.5 Å². The molecule has 0 bridgehead atoms. The highest BCUT2D eigenvalue weighted by atomic mass is 16.5. The zero-order chi connectivity index (χ0) is 39.6. The molecule has 9 aromatic carbocycles. The Kier molecular flexibility index (Phi) is 7.72. The van der Waals surface area contributed by atoms with Gasteiger partial charge in [0.25, 0.3) is 0 Å². The van der Waals surface area contributed by atoms with Crippen molar-refractivity contribution in [3.63, 3.8) is 0 Å². The lowest BCUT2D eigenvalue weighted by molar-refractivity contribution is 0.438. The van der Waals surface area contributed by atoms with Crippen molar-refractivity contribution in [1.82, 2.24) is 15.0 Å². The highest BCUT2D eigenvalue weighted by Gasteiger charge is 2.51. The molecule has 12 rings (SSSR count). The van der Waals surface area contributed by atoms with Crippen LogP contribution in [0.1, 0.15) is 22.3 Å². The third-order valence-corrected chi connectivity index (χ3v) is 12.2. The van der Waals surface area contributed by atoms with Gasteiger partial charge in [0, 0.05) is 33.4 Å². The van der Waals surface area contributed by atoms with E-state index in [0.717, 1.165) is 61.2 Å². The standard InChI is InChI=1S/C56H35N3O/c1-3-16-36(17-4-1)40-34-35-46(43-21-8-7-20-42(40)43)55-58-53(38-18-5-2-6-19-38)57-54(59-55)39-32-30-37(31-33-39)41-24-15-28-50-52(41)60-51-29-14-13-27-49(51)56(50)47-25-11-9-22-44(47)45-23-10-12-26-48(45)56/h1-35H. The van der Waals surface area contributed by atoms with Crippen molar-refractivity contribution in [3.8, 4) is 79.0 Å². The molecule has 1 aromatic heterocycles. The van der Waals surface area contributed by atoms with Crippen LogP contribution in [0.15, 0.2) is 212 Å². The molecule has 60 heavy (non-hydrogen) atoms. The lowest BCUT2D eigenvalue weighted by Gasteiger charge is -2.40. The average Bonchev–Trinajstić information content (AvgIpc) is 3.62. The number of ether oxygens (including phenoxy) is 1. The second-order valence-corrected chi connectivity index (χ2v) is 15.4. The molecule has 280 valence electrons. The predicted octanol–water partition coefficient (Wildman–Crippen LogP) is 13.8. The molecule has 0 unspecified atom stereocenters. The summed E-state index contributed by atoms with van der Waals surface area (Å²) in [5.74, 6) is 3.61. The first kappa shape index (κ1) is 34.1. The molecule has 0 radical (unpaired) electrons. The van der Waals surface area contributed by atoms with Gasteiger partial charge < -0.3 is 4.74 Å². The third-order valence-electron chi connectivity index (χ3n) is 12.2. The number of nitrogens with zero attached hydrogens (tertiary/aromatic N) is 3. The van der Waals surface area contributed by atoms with E-state index in [4.69, 9.17) is 19.7 Å². The van der Waals surface area contributed by atoms with Gasteiger partial charge in [-0.1, -0.05) is 200 Å². The van der Waals surface area contributed by atoms with Crippen molar-refractivity contribution in [3.05, 3.63) is 235 Å². The summed E-state index contributed by atoms with van der Waals surface area (Å²) in [6.45, 7) is 0. The van der Waals surface area contributed by atoms with Gasteiger partial charge in [-0.05, 0) is 61.8 Å². The minimum absolute atomic E-state index is 0.522. The van der Waals surface area contributed by atoms with E-state index in [1.165, 1.54) is 33.4 Å². The van der Waals surface area contributed by atoms with E-state index in [-0.39, 0.29) is 0 Å². The van der Waals surface area contributed by atoms with Crippen LogP contribution in [-0.4, -0.2) is 15.0 Å². The summed E-state index contributed by atoms with van der Waals surface area (Å²) in [5.41, 5.74) is 14.1. The van der Waals surface area contributed by atoms with Crippen molar-refractivity contribution >= 4 is 10.8 Å². The highest BCUT2D eigenvalue weighted by Crippen LogP contribution is 2.63. The number of rotatable bonds is 5. The van der Waals surface area contributed by atoms with Gasteiger partial charge in [-0.2, -0.15) is 0 Å². The van der Waals surface area contributed by atoms with Gasteiger partial charge in [-0.15, -0.1) is 0 Å². The molecule has 2 aliphatic rings. The van der Waals surface area contributed by atoms with Gasteiger partial charge in [0.2, 0.25) is 0 Å². The van der Waals surface area contributed by atoms with Crippen LogP contribution in [-0.2, 0) is 5.41 Å². The van der Waals surface area contributed by atoms with Crippen LogP contribution < -0.4 is 4.74 Å². The van der Waals surface area contributed by atoms with Crippen LogP contribution >= 0.6 is 0 Å². The highest BCUT2D eigenvalue weighted by molar-refractivity contribution is 6.04. The Hall–Kier alpha value is -7.95. The van der Waals surface area contributed by atoms with Crippen LogP contribution in [0.3, 0.4) is 0 Å². The maximum absolute atomic E-state index is 6.96. The zero-order valence-electron chi connectivity index (χ0n) is 32.5. The van der Waals surface area contributed by atoms with Crippen molar-refractivity contribution in [2.24, 2.45) is 0 Å². The molecular formula is C56H35N3O. The molecule has 0 fully saturated rings. The van der Waals surface area contributed by atoms with E-state index >= 15 is 0 Å². The number of benzene rings is 9. The third kappa shape index (κ3) is 5.14. The second kappa shape index (κ2) is 13.6. The number of hydrogen-bond donors (Lipinski definition) is 0. The minimum atomic E-state index is -0.522. The molecule has 1 aliphatic heterocycles. The Bertz CT molecular complexity index is 3240. The number of aromatic nitrogens is 3. The molecule has 4 nitrogen and oxygen atoms in total. The molecule has 0 saturated carbocycles. The molecule has 0 amide bonds. The Balaban J connectivity index is 0.998. The molecule has 1 spiro atoms.